The highest BCUT2D eigenvalue weighted by molar-refractivity contribution is 5.94. The van der Waals surface area contributed by atoms with Crippen LogP contribution in [-0.4, -0.2) is 5.78 Å². The van der Waals surface area contributed by atoms with E-state index in [-0.39, 0.29) is 5.78 Å². The van der Waals surface area contributed by atoms with Crippen molar-refractivity contribution in [1.82, 2.24) is 0 Å². The minimum absolute atomic E-state index is 0.190. The van der Waals surface area contributed by atoms with Crippen molar-refractivity contribution in [2.24, 2.45) is 0 Å². The Morgan fingerprint density at radius 1 is 1.50 bits per heavy atom. The number of hydrogen-bond donors (Lipinski definition) is 0. The standard InChI is InChI=1S/C7H8O.C2H6/c1-6(8)7-4-2-3-5-7;1-2/h2-4H,5H2,1H3;1-2H3. The summed E-state index contributed by atoms with van der Waals surface area (Å²) < 4.78 is 0. The third kappa shape index (κ3) is 2.62. The van der Waals surface area contributed by atoms with Crippen LogP contribution in [-0.2, 0) is 4.79 Å². The zero-order valence-corrected chi connectivity index (χ0v) is 6.85. The van der Waals surface area contributed by atoms with Crippen LogP contribution in [0.5, 0.6) is 0 Å². The van der Waals surface area contributed by atoms with Gasteiger partial charge >= 0.3 is 0 Å². The molecule has 0 aliphatic heterocycles. The van der Waals surface area contributed by atoms with Gasteiger partial charge in [-0.2, -0.15) is 0 Å². The van der Waals surface area contributed by atoms with E-state index in [0.717, 1.165) is 12.0 Å². The van der Waals surface area contributed by atoms with Gasteiger partial charge in [0.2, 0.25) is 0 Å². The second kappa shape index (κ2) is 4.98. The lowest BCUT2D eigenvalue weighted by atomic mass is 10.2. The van der Waals surface area contributed by atoms with Crippen molar-refractivity contribution < 1.29 is 4.79 Å². The largest absolute Gasteiger partial charge is 0.295 e. The van der Waals surface area contributed by atoms with Crippen molar-refractivity contribution in [2.45, 2.75) is 27.2 Å². The Labute approximate surface area is 62.4 Å². The fourth-order valence-electron chi connectivity index (χ4n) is 0.708. The van der Waals surface area contributed by atoms with E-state index in [2.05, 4.69) is 0 Å². The van der Waals surface area contributed by atoms with Gasteiger partial charge in [0, 0.05) is 0 Å². The molecule has 10 heavy (non-hydrogen) atoms. The maximum atomic E-state index is 10.5. The fraction of sp³-hybridized carbons (Fsp3) is 0.444. The van der Waals surface area contributed by atoms with Gasteiger partial charge in [-0.25, -0.2) is 0 Å². The van der Waals surface area contributed by atoms with E-state index in [4.69, 9.17) is 0 Å². The normalized spacial score (nSPS) is 13.7. The third-order valence-electron chi connectivity index (χ3n) is 1.22. The molecular weight excluding hydrogens is 124 g/mol. The molecular formula is C9H14O. The quantitative estimate of drug-likeness (QED) is 0.544. The molecule has 1 aliphatic rings. The van der Waals surface area contributed by atoms with Crippen molar-refractivity contribution in [3.05, 3.63) is 23.8 Å². The molecule has 0 aromatic carbocycles. The minimum Gasteiger partial charge on any atom is -0.295 e. The number of carbonyl (C=O) groups excluding carboxylic acids is 1. The number of Topliss-reactive ketones (excluding diaryl/α,β-unsaturated/α-hetero) is 1. The molecule has 56 valence electrons. The second-order valence-corrected chi connectivity index (χ2v) is 1.88. The number of carbonyl (C=O) groups is 1. The molecule has 0 aromatic rings. The molecule has 0 N–H and O–H groups in total. The molecule has 0 fully saturated rings. The average molecular weight is 138 g/mol. The Hall–Kier alpha value is -0.850. The summed E-state index contributed by atoms with van der Waals surface area (Å²) in [6, 6.07) is 0. The molecule has 0 bridgehead atoms. The van der Waals surface area contributed by atoms with Gasteiger partial charge in [0.1, 0.15) is 0 Å². The molecule has 0 amide bonds. The highest BCUT2D eigenvalue weighted by Gasteiger charge is 2.02. The molecule has 0 saturated carbocycles. The summed E-state index contributed by atoms with van der Waals surface area (Å²) in [6.45, 7) is 5.60. The SMILES string of the molecule is CC.CC(=O)C1=CC=CC1. The highest BCUT2D eigenvalue weighted by atomic mass is 16.1. The second-order valence-electron chi connectivity index (χ2n) is 1.88. The van der Waals surface area contributed by atoms with E-state index in [9.17, 15) is 4.79 Å². The third-order valence-corrected chi connectivity index (χ3v) is 1.22. The number of allylic oxidation sites excluding steroid dienone is 4. The van der Waals surface area contributed by atoms with Crippen molar-refractivity contribution in [2.75, 3.05) is 0 Å². The monoisotopic (exact) mass is 138 g/mol. The van der Waals surface area contributed by atoms with Crippen LogP contribution < -0.4 is 0 Å². The minimum atomic E-state index is 0.190. The van der Waals surface area contributed by atoms with Crippen LogP contribution in [0.4, 0.5) is 0 Å². The van der Waals surface area contributed by atoms with Crippen LogP contribution in [0.15, 0.2) is 23.8 Å². The Morgan fingerprint density at radius 2 is 2.10 bits per heavy atom. The molecule has 0 atom stereocenters. The zero-order valence-electron chi connectivity index (χ0n) is 6.85. The van der Waals surface area contributed by atoms with Gasteiger partial charge in [-0.1, -0.05) is 32.1 Å². The van der Waals surface area contributed by atoms with Crippen LogP contribution in [0, 0.1) is 0 Å². The summed E-state index contributed by atoms with van der Waals surface area (Å²) in [5.41, 5.74) is 0.921. The van der Waals surface area contributed by atoms with E-state index >= 15 is 0 Å². The first-order valence-electron chi connectivity index (χ1n) is 3.67. The van der Waals surface area contributed by atoms with E-state index in [1.807, 2.05) is 32.1 Å². The van der Waals surface area contributed by atoms with Gasteiger partial charge in [0.25, 0.3) is 0 Å². The number of rotatable bonds is 1. The van der Waals surface area contributed by atoms with Crippen LogP contribution in [0.1, 0.15) is 27.2 Å². The predicted molar refractivity (Wildman–Crippen MR) is 43.9 cm³/mol. The van der Waals surface area contributed by atoms with Gasteiger partial charge in [-0.15, -0.1) is 0 Å². The Kier molecular flexibility index (Phi) is 4.55. The van der Waals surface area contributed by atoms with Crippen molar-refractivity contribution in [1.29, 1.82) is 0 Å². The smallest absolute Gasteiger partial charge is 0.156 e. The Bertz CT molecular complexity index is 164. The van der Waals surface area contributed by atoms with Gasteiger partial charge in [0.05, 0.1) is 0 Å². The summed E-state index contributed by atoms with van der Waals surface area (Å²) in [5.74, 6) is 0.190. The molecule has 0 radical (unpaired) electrons. The summed E-state index contributed by atoms with van der Waals surface area (Å²) >= 11 is 0. The Balaban J connectivity index is 0.000000371. The topological polar surface area (TPSA) is 17.1 Å². The van der Waals surface area contributed by atoms with Gasteiger partial charge in [-0.05, 0) is 18.9 Å². The number of hydrogen-bond acceptors (Lipinski definition) is 1. The molecule has 0 heterocycles. The highest BCUT2D eigenvalue weighted by Crippen LogP contribution is 2.09. The van der Waals surface area contributed by atoms with E-state index in [1.165, 1.54) is 0 Å². The van der Waals surface area contributed by atoms with Crippen LogP contribution in [0.25, 0.3) is 0 Å². The maximum absolute atomic E-state index is 10.5. The fourth-order valence-corrected chi connectivity index (χ4v) is 0.708. The van der Waals surface area contributed by atoms with Gasteiger partial charge in [-0.3, -0.25) is 4.79 Å². The van der Waals surface area contributed by atoms with Gasteiger partial charge in [0.15, 0.2) is 5.78 Å². The van der Waals surface area contributed by atoms with Gasteiger partial charge < -0.3 is 0 Å². The first kappa shape index (κ1) is 9.15. The van der Waals surface area contributed by atoms with E-state index in [1.54, 1.807) is 6.92 Å². The predicted octanol–water partition coefficient (Wildman–Crippen LogP) is 2.49. The Morgan fingerprint density at radius 3 is 2.30 bits per heavy atom. The van der Waals surface area contributed by atoms with Crippen LogP contribution >= 0.6 is 0 Å². The van der Waals surface area contributed by atoms with E-state index < -0.39 is 0 Å². The molecule has 1 aliphatic carbocycles. The molecule has 0 saturated heterocycles. The number of ketones is 1. The summed E-state index contributed by atoms with van der Waals surface area (Å²) in [4.78, 5) is 10.5. The molecule has 1 nitrogen and oxygen atoms in total. The lowest BCUT2D eigenvalue weighted by molar-refractivity contribution is -0.113. The molecule has 0 spiro atoms. The van der Waals surface area contributed by atoms with Crippen LogP contribution in [0.3, 0.4) is 0 Å². The van der Waals surface area contributed by atoms with E-state index in [0.29, 0.717) is 0 Å². The summed E-state index contributed by atoms with van der Waals surface area (Å²) in [6.07, 6.45) is 6.59. The molecule has 0 unspecified atom stereocenters. The zero-order chi connectivity index (χ0) is 7.98. The lowest BCUT2D eigenvalue weighted by Gasteiger charge is -1.88. The summed E-state index contributed by atoms with van der Waals surface area (Å²) in [7, 11) is 0. The first-order chi connectivity index (χ1) is 4.80. The lowest BCUT2D eigenvalue weighted by Crippen LogP contribution is -1.91. The molecule has 1 rings (SSSR count). The molecule has 0 aromatic heterocycles. The van der Waals surface area contributed by atoms with Crippen molar-refractivity contribution in [3.63, 3.8) is 0 Å². The van der Waals surface area contributed by atoms with Crippen molar-refractivity contribution in [3.8, 4) is 0 Å². The van der Waals surface area contributed by atoms with Crippen molar-refractivity contribution >= 4 is 5.78 Å². The molecule has 1 heteroatoms. The first-order valence-corrected chi connectivity index (χ1v) is 3.67. The average Bonchev–Trinajstić information content (AvgIpc) is 2.42. The summed E-state index contributed by atoms with van der Waals surface area (Å²) in [5, 5.41) is 0. The van der Waals surface area contributed by atoms with Crippen LogP contribution in [0.2, 0.25) is 0 Å². The maximum Gasteiger partial charge on any atom is 0.156 e.